The fraction of sp³-hybridized carbons (Fsp3) is 0.0833. The van der Waals surface area contributed by atoms with Gasteiger partial charge in [0.1, 0.15) is 5.75 Å². The number of thiazole rings is 1. The average Bonchev–Trinajstić information content (AvgIpc) is 3.24. The van der Waals surface area contributed by atoms with Crippen LogP contribution in [0.25, 0.3) is 21.7 Å². The summed E-state index contributed by atoms with van der Waals surface area (Å²) in [5.41, 5.74) is 3.64. The van der Waals surface area contributed by atoms with Crippen molar-refractivity contribution in [1.82, 2.24) is 4.98 Å². The molecular formula is C24H19N3O3S. The molecule has 1 heterocycles. The molecule has 4 aromatic rings. The number of nitro benzene ring substituents is 1. The lowest BCUT2D eigenvalue weighted by molar-refractivity contribution is -0.384. The number of ether oxygens (including phenoxy) is 1. The van der Waals surface area contributed by atoms with Gasteiger partial charge < -0.3 is 4.74 Å². The van der Waals surface area contributed by atoms with Crippen molar-refractivity contribution in [3.63, 3.8) is 0 Å². The van der Waals surface area contributed by atoms with E-state index in [9.17, 15) is 10.1 Å². The first kappa shape index (κ1) is 20.4. The van der Waals surface area contributed by atoms with E-state index in [1.54, 1.807) is 18.3 Å². The highest BCUT2D eigenvalue weighted by Gasteiger charge is 2.15. The SMILES string of the molecule is CCOc1ccc(C=Nc2nc(-c3ccccc3)c(-c3ccc([N+](=O)[O-])cc3)s2)cc1. The summed E-state index contributed by atoms with van der Waals surface area (Å²) >= 11 is 1.45. The van der Waals surface area contributed by atoms with Crippen molar-refractivity contribution in [3.8, 4) is 27.4 Å². The van der Waals surface area contributed by atoms with Crippen LogP contribution >= 0.6 is 11.3 Å². The summed E-state index contributed by atoms with van der Waals surface area (Å²) in [7, 11) is 0. The Morgan fingerprint density at radius 2 is 1.71 bits per heavy atom. The normalized spacial score (nSPS) is 11.0. The van der Waals surface area contributed by atoms with E-state index in [2.05, 4.69) is 4.99 Å². The molecule has 0 bridgehead atoms. The predicted molar refractivity (Wildman–Crippen MR) is 125 cm³/mol. The number of aliphatic imine (C=N–C) groups is 1. The van der Waals surface area contributed by atoms with E-state index in [1.807, 2.05) is 61.5 Å². The summed E-state index contributed by atoms with van der Waals surface area (Å²) in [5, 5.41) is 11.6. The third kappa shape index (κ3) is 4.84. The third-order valence-corrected chi connectivity index (χ3v) is 5.53. The average molecular weight is 430 g/mol. The molecule has 0 amide bonds. The molecule has 0 aliphatic heterocycles. The molecule has 1 aromatic heterocycles. The van der Waals surface area contributed by atoms with Crippen LogP contribution < -0.4 is 4.74 Å². The van der Waals surface area contributed by atoms with Crippen LogP contribution in [0.5, 0.6) is 5.75 Å². The van der Waals surface area contributed by atoms with E-state index in [-0.39, 0.29) is 5.69 Å². The number of rotatable bonds is 7. The van der Waals surface area contributed by atoms with Crippen molar-refractivity contribution >= 4 is 28.4 Å². The Morgan fingerprint density at radius 3 is 2.35 bits per heavy atom. The minimum absolute atomic E-state index is 0.0586. The van der Waals surface area contributed by atoms with Gasteiger partial charge in [0.2, 0.25) is 5.13 Å². The van der Waals surface area contributed by atoms with Crippen molar-refractivity contribution in [1.29, 1.82) is 0 Å². The molecule has 3 aromatic carbocycles. The molecule has 0 saturated heterocycles. The van der Waals surface area contributed by atoms with Gasteiger partial charge in [-0.3, -0.25) is 10.1 Å². The van der Waals surface area contributed by atoms with Crippen molar-refractivity contribution in [3.05, 3.63) is 94.5 Å². The lowest BCUT2D eigenvalue weighted by Crippen LogP contribution is -1.91. The molecule has 0 aliphatic rings. The zero-order valence-corrected chi connectivity index (χ0v) is 17.6. The van der Waals surface area contributed by atoms with E-state index in [4.69, 9.17) is 9.72 Å². The Labute approximate surface area is 183 Å². The van der Waals surface area contributed by atoms with E-state index >= 15 is 0 Å². The van der Waals surface area contributed by atoms with Gasteiger partial charge in [-0.05, 0) is 54.4 Å². The smallest absolute Gasteiger partial charge is 0.269 e. The molecule has 0 fully saturated rings. The highest BCUT2D eigenvalue weighted by Crippen LogP contribution is 2.40. The number of benzene rings is 3. The fourth-order valence-electron chi connectivity index (χ4n) is 3.03. The second-order valence-corrected chi connectivity index (χ2v) is 7.58. The maximum atomic E-state index is 11.0. The van der Waals surface area contributed by atoms with E-state index in [0.717, 1.165) is 33.0 Å². The van der Waals surface area contributed by atoms with Gasteiger partial charge in [-0.2, -0.15) is 0 Å². The summed E-state index contributed by atoms with van der Waals surface area (Å²) in [6, 6.07) is 24.0. The van der Waals surface area contributed by atoms with Gasteiger partial charge >= 0.3 is 0 Å². The monoisotopic (exact) mass is 429 g/mol. The van der Waals surface area contributed by atoms with Crippen molar-refractivity contribution in [2.75, 3.05) is 6.61 Å². The van der Waals surface area contributed by atoms with Crippen LogP contribution in [-0.2, 0) is 0 Å². The Kier molecular flexibility index (Phi) is 6.14. The fourth-order valence-corrected chi connectivity index (χ4v) is 3.97. The number of hydrogen-bond donors (Lipinski definition) is 0. The number of nitro groups is 1. The molecule has 0 N–H and O–H groups in total. The summed E-state index contributed by atoms with van der Waals surface area (Å²) in [5.74, 6) is 0.820. The maximum Gasteiger partial charge on any atom is 0.269 e. The van der Waals surface area contributed by atoms with E-state index < -0.39 is 4.92 Å². The van der Waals surface area contributed by atoms with Gasteiger partial charge in [0.05, 0.1) is 22.1 Å². The highest BCUT2D eigenvalue weighted by atomic mass is 32.1. The van der Waals surface area contributed by atoms with Crippen LogP contribution in [0.2, 0.25) is 0 Å². The Balaban J connectivity index is 1.68. The van der Waals surface area contributed by atoms with Crippen molar-refractivity contribution < 1.29 is 9.66 Å². The van der Waals surface area contributed by atoms with Gasteiger partial charge in [0, 0.05) is 23.9 Å². The molecule has 0 saturated carbocycles. The second kappa shape index (κ2) is 9.32. The van der Waals surface area contributed by atoms with Gasteiger partial charge in [0.25, 0.3) is 5.69 Å². The number of aromatic nitrogens is 1. The molecule has 154 valence electrons. The van der Waals surface area contributed by atoms with E-state index in [1.165, 1.54) is 23.5 Å². The zero-order valence-electron chi connectivity index (χ0n) is 16.8. The summed E-state index contributed by atoms with van der Waals surface area (Å²) in [6.07, 6.45) is 1.77. The van der Waals surface area contributed by atoms with Gasteiger partial charge in [-0.1, -0.05) is 41.7 Å². The predicted octanol–water partition coefficient (Wildman–Crippen LogP) is 6.53. The topological polar surface area (TPSA) is 77.6 Å². The van der Waals surface area contributed by atoms with Crippen LogP contribution in [0.1, 0.15) is 12.5 Å². The lowest BCUT2D eigenvalue weighted by Gasteiger charge is -2.02. The van der Waals surface area contributed by atoms with Crippen LogP contribution in [0.15, 0.2) is 83.9 Å². The Bertz CT molecular complexity index is 1200. The maximum absolute atomic E-state index is 11.0. The molecular weight excluding hydrogens is 410 g/mol. The summed E-state index contributed by atoms with van der Waals surface area (Å²) in [4.78, 5) is 20.8. The molecule has 0 radical (unpaired) electrons. The van der Waals surface area contributed by atoms with Crippen molar-refractivity contribution in [2.45, 2.75) is 6.92 Å². The lowest BCUT2D eigenvalue weighted by atomic mass is 10.1. The minimum Gasteiger partial charge on any atom is -0.494 e. The zero-order chi connectivity index (χ0) is 21.6. The quantitative estimate of drug-likeness (QED) is 0.190. The van der Waals surface area contributed by atoms with Crippen LogP contribution in [0.3, 0.4) is 0 Å². The molecule has 0 unspecified atom stereocenters. The molecule has 0 atom stereocenters. The number of non-ortho nitro benzene ring substituents is 1. The first-order valence-corrected chi connectivity index (χ1v) is 10.5. The van der Waals surface area contributed by atoms with E-state index in [0.29, 0.717) is 11.7 Å². The first-order chi connectivity index (χ1) is 15.1. The van der Waals surface area contributed by atoms with Gasteiger partial charge in [-0.15, -0.1) is 0 Å². The molecule has 6 nitrogen and oxygen atoms in total. The van der Waals surface area contributed by atoms with Crippen LogP contribution in [0.4, 0.5) is 10.8 Å². The first-order valence-electron chi connectivity index (χ1n) is 9.72. The summed E-state index contributed by atoms with van der Waals surface area (Å²) in [6.45, 7) is 2.57. The standard InChI is InChI=1S/C24H19N3O3S/c1-2-30-21-14-8-17(9-15-21)16-25-24-26-22(18-6-4-3-5-7-18)23(31-24)19-10-12-20(13-11-19)27(28)29/h3-16H,2H2,1H3. The number of nitrogens with zero attached hydrogens (tertiary/aromatic N) is 3. The third-order valence-electron chi connectivity index (χ3n) is 4.52. The highest BCUT2D eigenvalue weighted by molar-refractivity contribution is 7.19. The molecule has 7 heteroatoms. The molecule has 0 aliphatic carbocycles. The molecule has 0 spiro atoms. The van der Waals surface area contributed by atoms with Crippen LogP contribution in [-0.4, -0.2) is 22.7 Å². The largest absolute Gasteiger partial charge is 0.494 e. The number of hydrogen-bond acceptors (Lipinski definition) is 6. The van der Waals surface area contributed by atoms with Gasteiger partial charge in [-0.25, -0.2) is 9.98 Å². The second-order valence-electron chi connectivity index (χ2n) is 6.60. The van der Waals surface area contributed by atoms with Crippen LogP contribution in [0, 0.1) is 10.1 Å². The van der Waals surface area contributed by atoms with Crippen molar-refractivity contribution in [2.24, 2.45) is 4.99 Å². The Hall–Kier alpha value is -3.84. The molecule has 31 heavy (non-hydrogen) atoms. The summed E-state index contributed by atoms with van der Waals surface area (Å²) < 4.78 is 5.47. The minimum atomic E-state index is -0.402. The Morgan fingerprint density at radius 1 is 1.00 bits per heavy atom. The van der Waals surface area contributed by atoms with Gasteiger partial charge in [0.15, 0.2) is 0 Å². The molecule has 4 rings (SSSR count).